The second-order valence-corrected chi connectivity index (χ2v) is 5.08. The lowest BCUT2D eigenvalue weighted by Crippen LogP contribution is -2.57. The van der Waals surface area contributed by atoms with E-state index in [1.807, 2.05) is 0 Å². The van der Waals surface area contributed by atoms with Crippen LogP contribution in [0.1, 0.15) is 23.2 Å². The van der Waals surface area contributed by atoms with Crippen LogP contribution in [0.3, 0.4) is 0 Å². The molecule has 0 bridgehead atoms. The number of carbonyl (C=O) groups excluding carboxylic acids is 2. The maximum atomic E-state index is 13.6. The van der Waals surface area contributed by atoms with Crippen molar-refractivity contribution in [2.24, 2.45) is 5.73 Å². The number of carbonyl (C=O) groups is 2. The van der Waals surface area contributed by atoms with Gasteiger partial charge in [-0.05, 0) is 31.0 Å². The minimum absolute atomic E-state index is 0.0406. The minimum atomic E-state index is -1.72. The van der Waals surface area contributed by atoms with E-state index in [4.69, 9.17) is 10.5 Å². The van der Waals surface area contributed by atoms with Crippen molar-refractivity contribution in [3.05, 3.63) is 29.6 Å². The van der Waals surface area contributed by atoms with Crippen LogP contribution >= 0.6 is 0 Å². The van der Waals surface area contributed by atoms with Crippen molar-refractivity contribution in [1.82, 2.24) is 4.90 Å². The standard InChI is InChI=1S/C14H17FN2O4/c1-21-11-4-3-9(7-10(11)15)12(18)17-6-2-5-14(20,8-17)13(16)19/h3-4,7,20H,2,5-6,8H2,1H3,(H2,16,19)/t14-/m1/s1. The topological polar surface area (TPSA) is 92.9 Å². The van der Waals surface area contributed by atoms with E-state index < -0.39 is 23.2 Å². The highest BCUT2D eigenvalue weighted by atomic mass is 19.1. The van der Waals surface area contributed by atoms with Crippen LogP contribution in [0.2, 0.25) is 0 Å². The Morgan fingerprint density at radius 2 is 2.19 bits per heavy atom. The fourth-order valence-corrected chi connectivity index (χ4v) is 2.39. The van der Waals surface area contributed by atoms with Crippen LogP contribution in [0.15, 0.2) is 18.2 Å². The van der Waals surface area contributed by atoms with Crippen molar-refractivity contribution >= 4 is 11.8 Å². The van der Waals surface area contributed by atoms with Crippen LogP contribution in [-0.4, -0.2) is 47.6 Å². The first kappa shape index (κ1) is 15.2. The van der Waals surface area contributed by atoms with Gasteiger partial charge in [0.15, 0.2) is 17.2 Å². The Bertz CT molecular complexity index is 578. The Balaban J connectivity index is 2.20. The Kier molecular flexibility index (Phi) is 4.13. The average molecular weight is 296 g/mol. The number of benzene rings is 1. The Labute approximate surface area is 121 Å². The van der Waals surface area contributed by atoms with Gasteiger partial charge >= 0.3 is 0 Å². The number of ether oxygens (including phenoxy) is 1. The molecule has 7 heteroatoms. The zero-order valence-corrected chi connectivity index (χ0v) is 11.6. The highest BCUT2D eigenvalue weighted by molar-refractivity contribution is 5.95. The molecule has 1 saturated heterocycles. The number of halogens is 1. The number of rotatable bonds is 3. The van der Waals surface area contributed by atoms with E-state index in [0.29, 0.717) is 13.0 Å². The molecule has 0 aliphatic carbocycles. The third-order valence-electron chi connectivity index (χ3n) is 3.62. The molecule has 1 aliphatic rings. The van der Waals surface area contributed by atoms with E-state index in [2.05, 4.69) is 0 Å². The molecular weight excluding hydrogens is 279 g/mol. The predicted molar refractivity (Wildman–Crippen MR) is 72.2 cm³/mol. The van der Waals surface area contributed by atoms with Gasteiger partial charge < -0.3 is 20.5 Å². The molecule has 1 heterocycles. The molecule has 1 aromatic carbocycles. The Hall–Kier alpha value is -2.15. The number of amides is 2. The molecule has 0 saturated carbocycles. The number of methoxy groups -OCH3 is 1. The van der Waals surface area contributed by atoms with E-state index in [0.717, 1.165) is 6.07 Å². The van der Waals surface area contributed by atoms with Gasteiger partial charge in [-0.25, -0.2) is 4.39 Å². The first-order valence-electron chi connectivity index (χ1n) is 6.52. The molecule has 1 atom stereocenters. The monoisotopic (exact) mass is 296 g/mol. The Morgan fingerprint density at radius 1 is 1.48 bits per heavy atom. The van der Waals surface area contributed by atoms with Crippen LogP contribution < -0.4 is 10.5 Å². The van der Waals surface area contributed by atoms with Crippen molar-refractivity contribution in [2.75, 3.05) is 20.2 Å². The summed E-state index contributed by atoms with van der Waals surface area (Å²) in [6.45, 7) is 0.191. The Morgan fingerprint density at radius 3 is 2.76 bits per heavy atom. The van der Waals surface area contributed by atoms with Gasteiger partial charge in [-0.3, -0.25) is 9.59 Å². The van der Waals surface area contributed by atoms with Gasteiger partial charge in [0.2, 0.25) is 0 Å². The molecule has 114 valence electrons. The summed E-state index contributed by atoms with van der Waals surface area (Å²) in [4.78, 5) is 24.9. The maximum Gasteiger partial charge on any atom is 0.254 e. The van der Waals surface area contributed by atoms with Crippen molar-refractivity contribution in [1.29, 1.82) is 0 Å². The van der Waals surface area contributed by atoms with Gasteiger partial charge in [0.05, 0.1) is 13.7 Å². The second kappa shape index (κ2) is 5.69. The number of β-amino-alcohol motifs (C(OH)–C–C–N with tert-alkyl or cyclic N) is 1. The van der Waals surface area contributed by atoms with Crippen molar-refractivity contribution in [2.45, 2.75) is 18.4 Å². The van der Waals surface area contributed by atoms with Gasteiger partial charge in [-0.15, -0.1) is 0 Å². The van der Waals surface area contributed by atoms with E-state index in [9.17, 15) is 19.1 Å². The molecule has 0 radical (unpaired) electrons. The van der Waals surface area contributed by atoms with Gasteiger partial charge in [0.25, 0.3) is 11.8 Å². The lowest BCUT2D eigenvalue weighted by molar-refractivity contribution is -0.140. The zero-order valence-electron chi connectivity index (χ0n) is 11.6. The number of piperidine rings is 1. The number of nitrogens with two attached hydrogens (primary N) is 1. The maximum absolute atomic E-state index is 13.6. The number of hydrogen-bond acceptors (Lipinski definition) is 4. The quantitative estimate of drug-likeness (QED) is 0.838. The normalized spacial score (nSPS) is 22.0. The summed E-state index contributed by atoms with van der Waals surface area (Å²) in [5.74, 6) is -1.93. The number of nitrogens with zero attached hydrogens (tertiary/aromatic N) is 1. The molecule has 0 spiro atoms. The first-order valence-corrected chi connectivity index (χ1v) is 6.52. The molecule has 2 rings (SSSR count). The smallest absolute Gasteiger partial charge is 0.254 e. The van der Waals surface area contributed by atoms with Crippen molar-refractivity contribution in [3.8, 4) is 5.75 Å². The van der Waals surface area contributed by atoms with Gasteiger partial charge in [0, 0.05) is 12.1 Å². The average Bonchev–Trinajstić information content (AvgIpc) is 2.46. The summed E-state index contributed by atoms with van der Waals surface area (Å²) in [6, 6.07) is 3.86. The van der Waals surface area contributed by atoms with Crippen LogP contribution in [0.4, 0.5) is 4.39 Å². The molecule has 0 aromatic heterocycles. The molecule has 21 heavy (non-hydrogen) atoms. The molecule has 1 aromatic rings. The largest absolute Gasteiger partial charge is 0.494 e. The summed E-state index contributed by atoms with van der Waals surface area (Å²) >= 11 is 0. The highest BCUT2D eigenvalue weighted by Gasteiger charge is 2.40. The van der Waals surface area contributed by atoms with E-state index in [-0.39, 0.29) is 24.3 Å². The number of aliphatic hydroxyl groups is 1. The number of hydrogen-bond donors (Lipinski definition) is 2. The van der Waals surface area contributed by atoms with Crippen LogP contribution in [-0.2, 0) is 4.79 Å². The lowest BCUT2D eigenvalue weighted by Gasteiger charge is -2.37. The minimum Gasteiger partial charge on any atom is -0.494 e. The molecule has 2 amide bonds. The summed E-state index contributed by atoms with van der Waals surface area (Å²) < 4.78 is 18.4. The van der Waals surface area contributed by atoms with Crippen LogP contribution in [0.25, 0.3) is 0 Å². The van der Waals surface area contributed by atoms with Crippen LogP contribution in [0.5, 0.6) is 5.75 Å². The van der Waals surface area contributed by atoms with Crippen molar-refractivity contribution in [3.63, 3.8) is 0 Å². The van der Waals surface area contributed by atoms with Crippen molar-refractivity contribution < 1.29 is 23.8 Å². The molecule has 1 aliphatic heterocycles. The molecule has 0 unspecified atom stereocenters. The number of primary amides is 1. The van der Waals surface area contributed by atoms with Gasteiger partial charge in [-0.2, -0.15) is 0 Å². The van der Waals surface area contributed by atoms with Gasteiger partial charge in [-0.1, -0.05) is 0 Å². The zero-order chi connectivity index (χ0) is 15.6. The summed E-state index contributed by atoms with van der Waals surface area (Å²) in [6.07, 6.45) is 0.660. The SMILES string of the molecule is COc1ccc(C(=O)N2CCC[C@](O)(C(N)=O)C2)cc1F. The van der Waals surface area contributed by atoms with E-state index in [1.54, 1.807) is 0 Å². The van der Waals surface area contributed by atoms with E-state index >= 15 is 0 Å². The molecule has 6 nitrogen and oxygen atoms in total. The van der Waals surface area contributed by atoms with E-state index in [1.165, 1.54) is 24.1 Å². The summed E-state index contributed by atoms with van der Waals surface area (Å²) in [7, 11) is 1.33. The fraction of sp³-hybridized carbons (Fsp3) is 0.429. The third kappa shape index (κ3) is 2.97. The molecule has 1 fully saturated rings. The van der Waals surface area contributed by atoms with Crippen LogP contribution in [0, 0.1) is 5.82 Å². The fourth-order valence-electron chi connectivity index (χ4n) is 2.39. The third-order valence-corrected chi connectivity index (χ3v) is 3.62. The predicted octanol–water partition coefficient (Wildman–Crippen LogP) is 0.287. The van der Waals surface area contributed by atoms with Gasteiger partial charge in [0.1, 0.15) is 0 Å². The molecular formula is C14H17FN2O4. The summed E-state index contributed by atoms with van der Waals surface area (Å²) in [5.41, 5.74) is 3.56. The first-order chi connectivity index (χ1) is 9.87. The molecule has 3 N–H and O–H groups in total. The second-order valence-electron chi connectivity index (χ2n) is 5.08. The summed E-state index contributed by atoms with van der Waals surface area (Å²) in [5, 5.41) is 10.1. The number of likely N-dealkylation sites (tertiary alicyclic amines) is 1. The lowest BCUT2D eigenvalue weighted by atomic mass is 9.92. The highest BCUT2D eigenvalue weighted by Crippen LogP contribution is 2.24.